The van der Waals surface area contributed by atoms with Gasteiger partial charge in [0.1, 0.15) is 0 Å². The molecular weight excluding hydrogens is 125 g/mol. The molecule has 0 aromatic carbocycles. The van der Waals surface area contributed by atoms with Crippen LogP contribution in [0.1, 0.15) is 6.92 Å². The summed E-state index contributed by atoms with van der Waals surface area (Å²) in [6, 6.07) is 0. The molecule has 2 heteroatoms. The van der Waals surface area contributed by atoms with Gasteiger partial charge in [-0.05, 0) is 0 Å². The van der Waals surface area contributed by atoms with E-state index in [0.29, 0.717) is 0 Å². The Morgan fingerprint density at radius 1 is 1.75 bits per heavy atom. The molecule has 18 valence electrons. The van der Waals surface area contributed by atoms with Gasteiger partial charge in [-0.1, -0.05) is 0 Å². The van der Waals surface area contributed by atoms with Crippen LogP contribution in [-0.4, -0.2) is 6.29 Å². The fourth-order valence-electron chi connectivity index (χ4n) is 0. The quantitative estimate of drug-likeness (QED) is 0.321. The van der Waals surface area contributed by atoms with Gasteiger partial charge in [-0.15, -0.1) is 0 Å². The molecule has 0 aliphatic heterocycles. The van der Waals surface area contributed by atoms with Gasteiger partial charge in [-0.25, -0.2) is 0 Å². The molecule has 0 atom stereocenters. The summed E-state index contributed by atoms with van der Waals surface area (Å²) in [4.78, 5) is 8.68. The first-order valence-electron chi connectivity index (χ1n) is 0.704. The van der Waals surface area contributed by atoms with Crippen LogP contribution >= 0.6 is 0 Å². The Bertz CT molecular complexity index is 13.5. The van der Waals surface area contributed by atoms with Crippen molar-refractivity contribution in [1.29, 1.82) is 0 Å². The van der Waals surface area contributed by atoms with E-state index >= 15 is 0 Å². The SMILES string of the molecule is C[C-]=O.[Rb+]. The largest absolute Gasteiger partial charge is 1.00 e. The van der Waals surface area contributed by atoms with Crippen LogP contribution in [0.5, 0.6) is 0 Å². The van der Waals surface area contributed by atoms with E-state index in [1.165, 1.54) is 13.2 Å². The molecule has 0 saturated carbocycles. The van der Waals surface area contributed by atoms with Crippen LogP contribution in [0.25, 0.3) is 0 Å². The van der Waals surface area contributed by atoms with Crippen LogP contribution < -0.4 is 58.2 Å². The first-order chi connectivity index (χ1) is 1.41. The minimum absolute atomic E-state index is 0. The smallest absolute Gasteiger partial charge is 0.542 e. The van der Waals surface area contributed by atoms with E-state index < -0.39 is 0 Å². The Kier molecular flexibility index (Phi) is 20.0. The van der Waals surface area contributed by atoms with E-state index in [0.717, 1.165) is 0 Å². The van der Waals surface area contributed by atoms with Crippen LogP contribution in [0, 0.1) is 0 Å². The molecule has 4 heavy (non-hydrogen) atoms. The van der Waals surface area contributed by atoms with Gasteiger partial charge in [0, 0.05) is 0 Å². The molecule has 0 N–H and O–H groups in total. The zero-order chi connectivity index (χ0) is 2.71. The summed E-state index contributed by atoms with van der Waals surface area (Å²) in [7, 11) is 0. The molecule has 0 rings (SSSR count). The van der Waals surface area contributed by atoms with Crippen LogP contribution in [0.2, 0.25) is 0 Å². The number of hydrogen-bond acceptors (Lipinski definition) is 1. The number of hydrogen-bond donors (Lipinski definition) is 0. The second-order valence-corrected chi connectivity index (χ2v) is 0.204. The predicted molar refractivity (Wildman–Crippen MR) is 11.4 cm³/mol. The molecule has 0 aliphatic carbocycles. The third-order valence-corrected chi connectivity index (χ3v) is 0. The predicted octanol–water partition coefficient (Wildman–Crippen LogP) is -2.88. The first-order valence-corrected chi connectivity index (χ1v) is 0.704. The maximum absolute atomic E-state index is 8.68. The van der Waals surface area contributed by atoms with Gasteiger partial charge >= 0.3 is 58.2 Å². The molecule has 0 aromatic heterocycles. The Hall–Kier alpha value is 1.48. The minimum Gasteiger partial charge on any atom is -0.542 e. The molecule has 0 aromatic rings. The average Bonchev–Trinajstić information content (AvgIpc) is 0.918. The zero-order valence-corrected chi connectivity index (χ0v) is 7.82. The fraction of sp³-hybridized carbons (Fsp3) is 0.500. The molecular formula is C2H3ORb. The Morgan fingerprint density at radius 2 is 1.75 bits per heavy atom. The van der Waals surface area contributed by atoms with E-state index in [2.05, 4.69) is 0 Å². The monoisotopic (exact) mass is 128 g/mol. The van der Waals surface area contributed by atoms with Crippen LogP contribution in [0.3, 0.4) is 0 Å². The Morgan fingerprint density at radius 3 is 1.75 bits per heavy atom. The average molecular weight is 129 g/mol. The summed E-state index contributed by atoms with van der Waals surface area (Å²) >= 11 is 0. The van der Waals surface area contributed by atoms with Crippen molar-refractivity contribution in [2.45, 2.75) is 6.92 Å². The molecule has 0 fully saturated rings. The van der Waals surface area contributed by atoms with Gasteiger partial charge < -0.3 is 4.79 Å². The maximum atomic E-state index is 8.68. The van der Waals surface area contributed by atoms with Crippen molar-refractivity contribution in [3.8, 4) is 0 Å². The molecule has 0 spiro atoms. The summed E-state index contributed by atoms with van der Waals surface area (Å²) < 4.78 is 0. The third-order valence-electron chi connectivity index (χ3n) is 0. The van der Waals surface area contributed by atoms with Crippen molar-refractivity contribution < 1.29 is 63.0 Å². The van der Waals surface area contributed by atoms with Crippen molar-refractivity contribution in [2.24, 2.45) is 0 Å². The normalized spacial score (nSPS) is 3.25. The summed E-state index contributed by atoms with van der Waals surface area (Å²) in [6.45, 7) is 1.32. The van der Waals surface area contributed by atoms with E-state index in [-0.39, 0.29) is 58.2 Å². The second-order valence-electron chi connectivity index (χ2n) is 0.204. The minimum atomic E-state index is 0. The van der Waals surface area contributed by atoms with Crippen molar-refractivity contribution in [3.05, 3.63) is 0 Å². The van der Waals surface area contributed by atoms with E-state index in [1.807, 2.05) is 0 Å². The van der Waals surface area contributed by atoms with Gasteiger partial charge in [0.05, 0.1) is 0 Å². The summed E-state index contributed by atoms with van der Waals surface area (Å²) in [5.74, 6) is 0. The standard InChI is InChI=1S/C2H3O.Rb/c1-2-3;/h1H3;/q-1;+1. The van der Waals surface area contributed by atoms with Gasteiger partial charge in [0.15, 0.2) is 0 Å². The number of carbonyl (C=O) groups excluding carboxylic acids is 1. The summed E-state index contributed by atoms with van der Waals surface area (Å²) in [5.41, 5.74) is 0. The van der Waals surface area contributed by atoms with Crippen LogP contribution in [0.15, 0.2) is 0 Å². The summed E-state index contributed by atoms with van der Waals surface area (Å²) in [6.07, 6.45) is 1.50. The molecule has 0 heterocycles. The molecule has 0 amide bonds. The Balaban J connectivity index is 0. The Labute approximate surface area is 74.6 Å². The number of rotatable bonds is 0. The van der Waals surface area contributed by atoms with Gasteiger partial charge in [-0.3, -0.25) is 6.29 Å². The summed E-state index contributed by atoms with van der Waals surface area (Å²) in [5, 5.41) is 0. The van der Waals surface area contributed by atoms with Gasteiger partial charge in [0.2, 0.25) is 0 Å². The van der Waals surface area contributed by atoms with Crippen molar-refractivity contribution in [2.75, 3.05) is 0 Å². The first kappa shape index (κ1) is 9.08. The maximum Gasteiger partial charge on any atom is 1.00 e. The molecule has 0 saturated heterocycles. The topological polar surface area (TPSA) is 17.1 Å². The van der Waals surface area contributed by atoms with E-state index in [1.54, 1.807) is 0 Å². The molecule has 1 nitrogen and oxygen atoms in total. The third kappa shape index (κ3) is 9.78. The molecule has 0 aliphatic rings. The van der Waals surface area contributed by atoms with Crippen LogP contribution in [-0.2, 0) is 4.79 Å². The van der Waals surface area contributed by atoms with Crippen molar-refractivity contribution >= 4 is 6.29 Å². The van der Waals surface area contributed by atoms with Gasteiger partial charge in [-0.2, -0.15) is 6.92 Å². The van der Waals surface area contributed by atoms with E-state index in [9.17, 15) is 0 Å². The second kappa shape index (κ2) is 8.82. The van der Waals surface area contributed by atoms with Crippen LogP contribution in [0.4, 0.5) is 0 Å². The molecule has 0 radical (unpaired) electrons. The molecule has 0 unspecified atom stereocenters. The van der Waals surface area contributed by atoms with Crippen molar-refractivity contribution in [3.63, 3.8) is 0 Å². The fourth-order valence-corrected chi connectivity index (χ4v) is 0. The van der Waals surface area contributed by atoms with Crippen molar-refractivity contribution in [1.82, 2.24) is 0 Å². The zero-order valence-electron chi connectivity index (χ0n) is 2.91. The molecule has 0 bridgehead atoms. The van der Waals surface area contributed by atoms with E-state index in [4.69, 9.17) is 4.79 Å². The van der Waals surface area contributed by atoms with Gasteiger partial charge in [0.25, 0.3) is 0 Å².